The van der Waals surface area contributed by atoms with Crippen LogP contribution in [0.1, 0.15) is 26.3 Å². The Balaban J connectivity index is 1.88. The van der Waals surface area contributed by atoms with Gasteiger partial charge < -0.3 is 9.64 Å². The number of amides is 1. The lowest BCUT2D eigenvalue weighted by Crippen LogP contribution is -2.38. The fourth-order valence-electron chi connectivity index (χ4n) is 3.34. The normalized spacial score (nSPS) is 11.4. The standard InChI is InChI=1S/C24H28N4O4S/c1-4-26(5-2)16-17-27(22(29)15-12-18-10-13-19(14-11-18)28(30)31)24-25-23-20(32-6-3)8-7-9-21(23)33-24/h7-15H,4-6,16-17H2,1-3H3. The summed E-state index contributed by atoms with van der Waals surface area (Å²) in [6.07, 6.45) is 3.15. The van der Waals surface area contributed by atoms with E-state index in [9.17, 15) is 14.9 Å². The summed E-state index contributed by atoms with van der Waals surface area (Å²) in [5, 5.41) is 11.5. The van der Waals surface area contributed by atoms with Gasteiger partial charge in [-0.1, -0.05) is 31.3 Å². The van der Waals surface area contributed by atoms with Crippen LogP contribution in [-0.4, -0.2) is 53.5 Å². The monoisotopic (exact) mass is 468 g/mol. The smallest absolute Gasteiger partial charge is 0.269 e. The number of nitrogens with zero attached hydrogens (tertiary/aromatic N) is 4. The second-order valence-electron chi connectivity index (χ2n) is 7.23. The molecule has 0 spiro atoms. The summed E-state index contributed by atoms with van der Waals surface area (Å²) >= 11 is 1.45. The van der Waals surface area contributed by atoms with Crippen molar-refractivity contribution in [3.8, 4) is 5.75 Å². The molecule has 0 saturated heterocycles. The molecule has 0 aliphatic carbocycles. The van der Waals surface area contributed by atoms with E-state index in [0.29, 0.717) is 29.6 Å². The van der Waals surface area contributed by atoms with E-state index < -0.39 is 4.92 Å². The van der Waals surface area contributed by atoms with Crippen molar-refractivity contribution in [2.24, 2.45) is 0 Å². The molecule has 174 valence electrons. The van der Waals surface area contributed by atoms with Gasteiger partial charge in [0.05, 0.1) is 16.2 Å². The SMILES string of the molecule is CCOc1cccc2sc(N(CCN(CC)CC)C(=O)C=Cc3ccc([N+](=O)[O-])cc3)nc12. The predicted molar refractivity (Wildman–Crippen MR) is 133 cm³/mol. The predicted octanol–water partition coefficient (Wildman–Crippen LogP) is 4.99. The molecule has 3 rings (SSSR count). The zero-order valence-corrected chi connectivity index (χ0v) is 19.9. The second kappa shape index (κ2) is 11.5. The van der Waals surface area contributed by atoms with Gasteiger partial charge in [-0.25, -0.2) is 4.98 Å². The van der Waals surface area contributed by atoms with Crippen LogP contribution in [0, 0.1) is 10.1 Å². The van der Waals surface area contributed by atoms with Crippen LogP contribution in [0.2, 0.25) is 0 Å². The van der Waals surface area contributed by atoms with Crippen molar-refractivity contribution in [3.05, 3.63) is 64.2 Å². The number of hydrogen-bond donors (Lipinski definition) is 0. The Morgan fingerprint density at radius 3 is 2.48 bits per heavy atom. The molecule has 0 fully saturated rings. The zero-order valence-electron chi connectivity index (χ0n) is 19.1. The number of nitro benzene ring substituents is 1. The number of para-hydroxylation sites is 1. The molecule has 0 saturated carbocycles. The van der Waals surface area contributed by atoms with E-state index >= 15 is 0 Å². The van der Waals surface area contributed by atoms with E-state index in [1.54, 1.807) is 23.1 Å². The Morgan fingerprint density at radius 2 is 1.85 bits per heavy atom. The van der Waals surface area contributed by atoms with Crippen molar-refractivity contribution in [3.63, 3.8) is 0 Å². The van der Waals surface area contributed by atoms with Crippen LogP contribution in [0.4, 0.5) is 10.8 Å². The van der Waals surface area contributed by atoms with Gasteiger partial charge in [0.15, 0.2) is 5.13 Å². The number of carbonyl (C=O) groups is 1. The molecule has 0 N–H and O–H groups in total. The number of aromatic nitrogens is 1. The zero-order chi connectivity index (χ0) is 23.8. The summed E-state index contributed by atoms with van der Waals surface area (Å²) in [4.78, 5) is 32.3. The molecule has 3 aromatic rings. The van der Waals surface area contributed by atoms with E-state index in [1.807, 2.05) is 25.1 Å². The van der Waals surface area contributed by atoms with Gasteiger partial charge in [-0.05, 0) is 55.9 Å². The summed E-state index contributed by atoms with van der Waals surface area (Å²) in [5.41, 5.74) is 1.47. The van der Waals surface area contributed by atoms with Gasteiger partial charge in [-0.2, -0.15) is 0 Å². The summed E-state index contributed by atoms with van der Waals surface area (Å²) in [5.74, 6) is 0.507. The largest absolute Gasteiger partial charge is 0.492 e. The lowest BCUT2D eigenvalue weighted by molar-refractivity contribution is -0.384. The molecule has 2 aromatic carbocycles. The van der Waals surface area contributed by atoms with Crippen molar-refractivity contribution in [1.82, 2.24) is 9.88 Å². The van der Waals surface area contributed by atoms with Crippen LogP contribution in [0.25, 0.3) is 16.3 Å². The minimum Gasteiger partial charge on any atom is -0.492 e. The van der Waals surface area contributed by atoms with Crippen LogP contribution in [-0.2, 0) is 4.79 Å². The van der Waals surface area contributed by atoms with Gasteiger partial charge in [0.1, 0.15) is 11.3 Å². The number of ether oxygens (including phenoxy) is 1. The third kappa shape index (κ3) is 6.15. The highest BCUT2D eigenvalue weighted by atomic mass is 32.1. The number of non-ortho nitro benzene ring substituents is 1. The number of thiazole rings is 1. The van der Waals surface area contributed by atoms with Gasteiger partial charge >= 0.3 is 0 Å². The van der Waals surface area contributed by atoms with Gasteiger partial charge in [-0.3, -0.25) is 19.8 Å². The first-order valence-electron chi connectivity index (χ1n) is 11.0. The number of likely N-dealkylation sites (N-methyl/N-ethyl adjacent to an activating group) is 1. The Morgan fingerprint density at radius 1 is 1.12 bits per heavy atom. The molecule has 9 heteroatoms. The molecule has 1 heterocycles. The number of hydrogen-bond acceptors (Lipinski definition) is 7. The average Bonchev–Trinajstić information content (AvgIpc) is 3.26. The maximum Gasteiger partial charge on any atom is 0.269 e. The van der Waals surface area contributed by atoms with Crippen molar-refractivity contribution >= 4 is 44.4 Å². The molecule has 0 aliphatic heterocycles. The van der Waals surface area contributed by atoms with E-state index in [4.69, 9.17) is 9.72 Å². The molecule has 0 aliphatic rings. The first-order valence-corrected chi connectivity index (χ1v) is 11.8. The highest BCUT2D eigenvalue weighted by Gasteiger charge is 2.20. The summed E-state index contributed by atoms with van der Waals surface area (Å²) in [6, 6.07) is 11.9. The molecular weight excluding hydrogens is 440 g/mol. The van der Waals surface area contributed by atoms with Gasteiger partial charge in [0, 0.05) is 31.3 Å². The number of rotatable bonds is 11. The van der Waals surface area contributed by atoms with Crippen LogP contribution in [0.3, 0.4) is 0 Å². The van der Waals surface area contributed by atoms with Crippen LogP contribution in [0.5, 0.6) is 5.75 Å². The van der Waals surface area contributed by atoms with Gasteiger partial charge in [-0.15, -0.1) is 0 Å². The third-order valence-electron chi connectivity index (χ3n) is 5.22. The fourth-order valence-corrected chi connectivity index (χ4v) is 4.36. The third-order valence-corrected chi connectivity index (χ3v) is 6.27. The molecule has 8 nitrogen and oxygen atoms in total. The minimum absolute atomic E-state index is 0.0129. The highest BCUT2D eigenvalue weighted by molar-refractivity contribution is 7.22. The lowest BCUT2D eigenvalue weighted by Gasteiger charge is -2.23. The lowest BCUT2D eigenvalue weighted by atomic mass is 10.2. The van der Waals surface area contributed by atoms with Crippen molar-refractivity contribution in [2.45, 2.75) is 20.8 Å². The topological polar surface area (TPSA) is 88.8 Å². The number of benzene rings is 2. The van der Waals surface area contributed by atoms with Crippen molar-refractivity contribution in [1.29, 1.82) is 0 Å². The van der Waals surface area contributed by atoms with Crippen LogP contribution < -0.4 is 9.64 Å². The fraction of sp³-hybridized carbons (Fsp3) is 0.333. The molecule has 0 unspecified atom stereocenters. The summed E-state index contributed by atoms with van der Waals surface area (Å²) < 4.78 is 6.66. The first kappa shape index (κ1) is 24.3. The number of anilines is 1. The van der Waals surface area contributed by atoms with E-state index in [2.05, 4.69) is 18.7 Å². The van der Waals surface area contributed by atoms with Gasteiger partial charge in [0.25, 0.3) is 11.6 Å². The summed E-state index contributed by atoms with van der Waals surface area (Å²) in [6.45, 7) is 9.65. The van der Waals surface area contributed by atoms with Gasteiger partial charge in [0.2, 0.25) is 0 Å². The van der Waals surface area contributed by atoms with E-state index in [-0.39, 0.29) is 11.6 Å². The molecular formula is C24H28N4O4S. The van der Waals surface area contributed by atoms with E-state index in [1.165, 1.54) is 29.5 Å². The Labute approximate surface area is 197 Å². The van der Waals surface area contributed by atoms with Crippen LogP contribution in [0.15, 0.2) is 48.5 Å². The maximum absolute atomic E-state index is 13.2. The van der Waals surface area contributed by atoms with Crippen molar-refractivity contribution < 1.29 is 14.5 Å². The second-order valence-corrected chi connectivity index (χ2v) is 8.24. The number of carbonyl (C=O) groups excluding carboxylic acids is 1. The maximum atomic E-state index is 13.2. The Kier molecular flexibility index (Phi) is 8.51. The molecule has 0 radical (unpaired) electrons. The van der Waals surface area contributed by atoms with Crippen LogP contribution >= 0.6 is 11.3 Å². The molecule has 1 amide bonds. The Hall–Kier alpha value is -3.30. The molecule has 0 atom stereocenters. The highest BCUT2D eigenvalue weighted by Crippen LogP contribution is 2.34. The molecule has 33 heavy (non-hydrogen) atoms. The first-order chi connectivity index (χ1) is 16.0. The quantitative estimate of drug-likeness (QED) is 0.224. The summed E-state index contributed by atoms with van der Waals surface area (Å²) in [7, 11) is 0. The molecule has 1 aromatic heterocycles. The minimum atomic E-state index is -0.447. The molecule has 0 bridgehead atoms. The van der Waals surface area contributed by atoms with Crippen molar-refractivity contribution in [2.75, 3.05) is 37.7 Å². The van der Waals surface area contributed by atoms with E-state index in [0.717, 1.165) is 29.9 Å². The number of fused-ring (bicyclic) bond motifs is 1. The Bertz CT molecular complexity index is 1120. The number of nitro groups is 1. The average molecular weight is 469 g/mol.